The zero-order valence-electron chi connectivity index (χ0n) is 15.6. The maximum Gasteiger partial charge on any atom is 0.209 e. The SMILES string of the molecule is Cc1ccc(Nc2nn(C[NH+](Cc3ccncc3)C3CC3)c(=S)s2)c(C)c1. The van der Waals surface area contributed by atoms with Crippen LogP contribution in [0.1, 0.15) is 29.5 Å². The van der Waals surface area contributed by atoms with Crippen molar-refractivity contribution < 1.29 is 4.90 Å². The zero-order chi connectivity index (χ0) is 18.8. The smallest absolute Gasteiger partial charge is 0.209 e. The Morgan fingerprint density at radius 3 is 2.70 bits per heavy atom. The second kappa shape index (κ2) is 7.88. The topological polar surface area (TPSA) is 47.2 Å². The highest BCUT2D eigenvalue weighted by molar-refractivity contribution is 7.73. The van der Waals surface area contributed by atoms with E-state index in [1.165, 1.54) is 45.8 Å². The number of pyridine rings is 1. The lowest BCUT2D eigenvalue weighted by Crippen LogP contribution is -3.11. The lowest BCUT2D eigenvalue weighted by Gasteiger charge is -2.18. The summed E-state index contributed by atoms with van der Waals surface area (Å²) in [5.74, 6) is 0. The molecule has 1 aliphatic rings. The van der Waals surface area contributed by atoms with Gasteiger partial charge >= 0.3 is 0 Å². The predicted molar refractivity (Wildman–Crippen MR) is 112 cm³/mol. The molecule has 4 rings (SSSR count). The number of hydrogen-bond acceptors (Lipinski definition) is 5. The van der Waals surface area contributed by atoms with Gasteiger partial charge in [-0.2, -0.15) is 4.68 Å². The Balaban J connectivity index is 1.49. The van der Waals surface area contributed by atoms with Gasteiger partial charge in [0.1, 0.15) is 6.54 Å². The summed E-state index contributed by atoms with van der Waals surface area (Å²) in [5.41, 5.74) is 4.86. The molecule has 2 N–H and O–H groups in total. The molecule has 1 fully saturated rings. The van der Waals surface area contributed by atoms with Crippen molar-refractivity contribution in [3.63, 3.8) is 0 Å². The van der Waals surface area contributed by atoms with Crippen molar-refractivity contribution in [2.75, 3.05) is 5.32 Å². The number of rotatable bonds is 7. The molecule has 0 bridgehead atoms. The van der Waals surface area contributed by atoms with Crippen molar-refractivity contribution >= 4 is 34.4 Å². The second-order valence-electron chi connectivity index (χ2n) is 7.24. The van der Waals surface area contributed by atoms with Gasteiger partial charge < -0.3 is 10.2 Å². The minimum Gasteiger partial charge on any atom is -0.330 e. The van der Waals surface area contributed by atoms with E-state index < -0.39 is 0 Å². The van der Waals surface area contributed by atoms with E-state index in [2.05, 4.69) is 54.5 Å². The number of benzene rings is 1. The van der Waals surface area contributed by atoms with Gasteiger partial charge in [-0.3, -0.25) is 4.98 Å². The molecule has 7 heteroatoms. The van der Waals surface area contributed by atoms with Crippen molar-refractivity contribution in [2.45, 2.75) is 45.9 Å². The molecule has 1 unspecified atom stereocenters. The Morgan fingerprint density at radius 1 is 1.22 bits per heavy atom. The van der Waals surface area contributed by atoms with E-state index in [0.29, 0.717) is 6.04 Å². The van der Waals surface area contributed by atoms with Gasteiger partial charge in [0.2, 0.25) is 5.13 Å². The number of nitrogens with one attached hydrogen (secondary N) is 2. The van der Waals surface area contributed by atoms with Crippen molar-refractivity contribution in [3.05, 3.63) is 63.4 Å². The summed E-state index contributed by atoms with van der Waals surface area (Å²) in [5, 5.41) is 9.03. The molecule has 1 aromatic carbocycles. The zero-order valence-corrected chi connectivity index (χ0v) is 17.2. The Labute approximate surface area is 168 Å². The molecular weight excluding hydrogens is 374 g/mol. The Hall–Kier alpha value is -2.09. The van der Waals surface area contributed by atoms with Crippen molar-refractivity contribution in [1.29, 1.82) is 0 Å². The molecule has 1 saturated carbocycles. The fourth-order valence-corrected chi connectivity index (χ4v) is 4.32. The summed E-state index contributed by atoms with van der Waals surface area (Å²) in [6, 6.07) is 11.3. The van der Waals surface area contributed by atoms with Crippen LogP contribution in [0.3, 0.4) is 0 Å². The van der Waals surface area contributed by atoms with E-state index in [1.807, 2.05) is 17.1 Å². The number of quaternary nitrogens is 1. The van der Waals surface area contributed by atoms with Crippen LogP contribution in [-0.2, 0) is 13.2 Å². The minimum atomic E-state index is 0.706. The quantitative estimate of drug-likeness (QED) is 0.597. The first-order chi connectivity index (χ1) is 13.1. The third kappa shape index (κ3) is 4.61. The van der Waals surface area contributed by atoms with Gasteiger partial charge in [-0.15, -0.1) is 5.10 Å². The maximum atomic E-state index is 5.59. The lowest BCUT2D eigenvalue weighted by atomic mass is 10.1. The maximum absolute atomic E-state index is 5.59. The van der Waals surface area contributed by atoms with E-state index in [0.717, 1.165) is 28.0 Å². The first kappa shape index (κ1) is 18.3. The normalized spacial score (nSPS) is 14.9. The van der Waals surface area contributed by atoms with Crippen LogP contribution in [0.5, 0.6) is 0 Å². The molecule has 0 radical (unpaired) electrons. The van der Waals surface area contributed by atoms with E-state index in [9.17, 15) is 0 Å². The number of aromatic nitrogens is 3. The van der Waals surface area contributed by atoms with E-state index >= 15 is 0 Å². The number of nitrogens with zero attached hydrogens (tertiary/aromatic N) is 3. The van der Waals surface area contributed by atoms with Crippen LogP contribution in [-0.4, -0.2) is 20.8 Å². The number of hydrogen-bond donors (Lipinski definition) is 2. The Morgan fingerprint density at radius 2 is 2.00 bits per heavy atom. The minimum absolute atomic E-state index is 0.706. The highest BCUT2D eigenvalue weighted by atomic mass is 32.1. The van der Waals surface area contributed by atoms with Gasteiger partial charge in [-0.1, -0.05) is 29.0 Å². The number of anilines is 2. The molecule has 1 atom stereocenters. The molecule has 140 valence electrons. The fraction of sp³-hybridized carbons (Fsp3) is 0.350. The molecule has 3 aromatic rings. The highest BCUT2D eigenvalue weighted by Gasteiger charge is 2.33. The van der Waals surface area contributed by atoms with Crippen LogP contribution in [0.4, 0.5) is 10.8 Å². The molecular formula is C20H24N5S2+. The van der Waals surface area contributed by atoms with E-state index in [-0.39, 0.29) is 0 Å². The summed E-state index contributed by atoms with van der Waals surface area (Å²) in [6.45, 7) is 6.00. The standard InChI is InChI=1S/C20H23N5S2/c1-14-3-6-18(15(2)11-14)22-19-23-25(20(26)27-19)13-24(17-4-5-17)12-16-7-9-21-10-8-16/h3,6-11,17H,4-5,12-13H2,1-2H3,(H,22,23)/p+1. The van der Waals surface area contributed by atoms with Crippen molar-refractivity contribution in [2.24, 2.45) is 0 Å². The highest BCUT2D eigenvalue weighted by Crippen LogP contribution is 2.24. The summed E-state index contributed by atoms with van der Waals surface area (Å²) >= 11 is 7.12. The molecule has 2 aromatic heterocycles. The van der Waals surface area contributed by atoms with Gasteiger partial charge in [-0.25, -0.2) is 0 Å². The molecule has 0 spiro atoms. The summed E-state index contributed by atoms with van der Waals surface area (Å²) in [4.78, 5) is 5.63. The third-order valence-electron chi connectivity index (χ3n) is 4.92. The molecule has 27 heavy (non-hydrogen) atoms. The molecule has 0 amide bonds. The van der Waals surface area contributed by atoms with Crippen LogP contribution < -0.4 is 10.2 Å². The van der Waals surface area contributed by atoms with Crippen LogP contribution in [0.15, 0.2) is 42.7 Å². The van der Waals surface area contributed by atoms with Gasteiger partial charge in [0.05, 0.1) is 6.04 Å². The van der Waals surface area contributed by atoms with Gasteiger partial charge in [0, 0.05) is 36.5 Å². The first-order valence-electron chi connectivity index (χ1n) is 9.24. The Bertz CT molecular complexity index is 976. The van der Waals surface area contributed by atoms with Gasteiger partial charge in [-0.05, 0) is 49.8 Å². The Kier molecular flexibility index (Phi) is 5.33. The van der Waals surface area contributed by atoms with Crippen molar-refractivity contribution in [1.82, 2.24) is 14.8 Å². The molecule has 1 aliphatic carbocycles. The first-order valence-corrected chi connectivity index (χ1v) is 10.5. The summed E-state index contributed by atoms with van der Waals surface area (Å²) < 4.78 is 2.79. The monoisotopic (exact) mass is 398 g/mol. The molecule has 0 aliphatic heterocycles. The van der Waals surface area contributed by atoms with E-state index in [4.69, 9.17) is 17.3 Å². The fourth-order valence-electron chi connectivity index (χ4n) is 3.30. The number of aryl methyl sites for hydroxylation is 2. The molecule has 2 heterocycles. The van der Waals surface area contributed by atoms with Crippen LogP contribution in [0.2, 0.25) is 0 Å². The molecule has 5 nitrogen and oxygen atoms in total. The third-order valence-corrected chi connectivity index (χ3v) is 6.14. The predicted octanol–water partition coefficient (Wildman–Crippen LogP) is 3.63. The van der Waals surface area contributed by atoms with Crippen LogP contribution in [0, 0.1) is 17.8 Å². The van der Waals surface area contributed by atoms with Gasteiger partial charge in [0.25, 0.3) is 0 Å². The van der Waals surface area contributed by atoms with Crippen molar-refractivity contribution in [3.8, 4) is 0 Å². The molecule has 0 saturated heterocycles. The lowest BCUT2D eigenvalue weighted by molar-refractivity contribution is -0.947. The average Bonchev–Trinajstić information content (AvgIpc) is 3.43. The second-order valence-corrected chi connectivity index (χ2v) is 8.86. The van der Waals surface area contributed by atoms with Crippen LogP contribution >= 0.6 is 23.6 Å². The summed E-state index contributed by atoms with van der Waals surface area (Å²) in [6.07, 6.45) is 6.29. The average molecular weight is 399 g/mol. The van der Waals surface area contributed by atoms with E-state index in [1.54, 1.807) is 0 Å². The van der Waals surface area contributed by atoms with Gasteiger partial charge in [0.15, 0.2) is 10.6 Å². The summed E-state index contributed by atoms with van der Waals surface area (Å²) in [7, 11) is 0. The largest absolute Gasteiger partial charge is 0.330 e. The van der Waals surface area contributed by atoms with Crippen LogP contribution in [0.25, 0.3) is 0 Å².